The molecule has 3 nitrogen and oxygen atoms in total. The molecule has 0 radical (unpaired) electrons. The second kappa shape index (κ2) is 3.66. The molecule has 0 spiro atoms. The van der Waals surface area contributed by atoms with Crippen molar-refractivity contribution in [1.82, 2.24) is 9.80 Å². The van der Waals surface area contributed by atoms with Crippen molar-refractivity contribution in [2.24, 2.45) is 11.8 Å². The van der Waals surface area contributed by atoms with E-state index < -0.39 is 0 Å². The van der Waals surface area contributed by atoms with Crippen LogP contribution in [0.3, 0.4) is 0 Å². The molecule has 0 aromatic heterocycles. The molecule has 0 aromatic carbocycles. The fourth-order valence-corrected chi connectivity index (χ4v) is 2.02. The van der Waals surface area contributed by atoms with Crippen LogP contribution >= 0.6 is 0 Å². The van der Waals surface area contributed by atoms with Crippen molar-refractivity contribution in [3.63, 3.8) is 0 Å². The van der Waals surface area contributed by atoms with Gasteiger partial charge in [-0.25, -0.2) is 0 Å². The standard InChI is InChI=1S/C10H20N2O/c1-7-8(2)12(5)6-9(7)10(13)11(3)4/h7-9H,6H2,1-5H3. The molecule has 13 heavy (non-hydrogen) atoms. The highest BCUT2D eigenvalue weighted by Gasteiger charge is 2.38. The number of carbonyl (C=O) groups is 1. The van der Waals surface area contributed by atoms with Gasteiger partial charge in [-0.15, -0.1) is 0 Å². The van der Waals surface area contributed by atoms with E-state index in [1.54, 1.807) is 4.90 Å². The Balaban J connectivity index is 2.68. The van der Waals surface area contributed by atoms with E-state index in [0.717, 1.165) is 6.54 Å². The number of rotatable bonds is 1. The molecular formula is C10H20N2O. The summed E-state index contributed by atoms with van der Waals surface area (Å²) in [6.45, 7) is 5.26. The van der Waals surface area contributed by atoms with Crippen LogP contribution < -0.4 is 0 Å². The SMILES string of the molecule is CC1C(C(=O)N(C)C)CN(C)C1C. The van der Waals surface area contributed by atoms with Crippen LogP contribution in [0.5, 0.6) is 0 Å². The van der Waals surface area contributed by atoms with Crippen molar-refractivity contribution >= 4 is 5.91 Å². The Labute approximate surface area is 80.7 Å². The van der Waals surface area contributed by atoms with Gasteiger partial charge in [0.15, 0.2) is 0 Å². The van der Waals surface area contributed by atoms with Crippen LogP contribution in [0.15, 0.2) is 0 Å². The van der Waals surface area contributed by atoms with Crippen LogP contribution in [-0.4, -0.2) is 49.4 Å². The van der Waals surface area contributed by atoms with E-state index in [2.05, 4.69) is 25.8 Å². The molecular weight excluding hydrogens is 164 g/mol. The molecule has 3 heteroatoms. The van der Waals surface area contributed by atoms with Gasteiger partial charge in [0, 0.05) is 26.7 Å². The highest BCUT2D eigenvalue weighted by Crippen LogP contribution is 2.28. The molecule has 1 amide bonds. The van der Waals surface area contributed by atoms with Crippen LogP contribution in [0.2, 0.25) is 0 Å². The summed E-state index contributed by atoms with van der Waals surface area (Å²) in [6.07, 6.45) is 0. The van der Waals surface area contributed by atoms with Crippen molar-refractivity contribution < 1.29 is 4.79 Å². The average Bonchev–Trinajstić information content (AvgIpc) is 2.31. The van der Waals surface area contributed by atoms with Gasteiger partial charge in [0.25, 0.3) is 0 Å². The summed E-state index contributed by atoms with van der Waals surface area (Å²) in [6, 6.07) is 0.522. The Kier molecular flexibility index (Phi) is 2.96. The first-order valence-electron chi connectivity index (χ1n) is 4.86. The topological polar surface area (TPSA) is 23.6 Å². The summed E-state index contributed by atoms with van der Waals surface area (Å²) in [5, 5.41) is 0. The van der Waals surface area contributed by atoms with E-state index in [4.69, 9.17) is 0 Å². The van der Waals surface area contributed by atoms with Crippen LogP contribution in [-0.2, 0) is 4.79 Å². The number of carbonyl (C=O) groups excluding carboxylic acids is 1. The summed E-state index contributed by atoms with van der Waals surface area (Å²) < 4.78 is 0. The molecule has 0 aromatic rings. The number of hydrogen-bond donors (Lipinski definition) is 0. The second-order valence-corrected chi connectivity index (χ2v) is 4.38. The monoisotopic (exact) mass is 184 g/mol. The molecule has 1 saturated heterocycles. The van der Waals surface area contributed by atoms with Gasteiger partial charge < -0.3 is 9.80 Å². The fraction of sp³-hybridized carbons (Fsp3) is 0.900. The first-order chi connectivity index (χ1) is 5.95. The van der Waals surface area contributed by atoms with Gasteiger partial charge in [0.2, 0.25) is 5.91 Å². The summed E-state index contributed by atoms with van der Waals surface area (Å²) in [7, 11) is 5.75. The summed E-state index contributed by atoms with van der Waals surface area (Å²) in [5.74, 6) is 0.929. The number of nitrogens with zero attached hydrogens (tertiary/aromatic N) is 2. The van der Waals surface area contributed by atoms with E-state index in [0.29, 0.717) is 12.0 Å². The predicted molar refractivity (Wildman–Crippen MR) is 53.4 cm³/mol. The lowest BCUT2D eigenvalue weighted by Crippen LogP contribution is -2.33. The number of hydrogen-bond acceptors (Lipinski definition) is 2. The summed E-state index contributed by atoms with van der Waals surface area (Å²) in [4.78, 5) is 15.7. The average molecular weight is 184 g/mol. The number of amides is 1. The van der Waals surface area contributed by atoms with Gasteiger partial charge in [-0.2, -0.15) is 0 Å². The molecule has 1 aliphatic heterocycles. The highest BCUT2D eigenvalue weighted by molar-refractivity contribution is 5.79. The lowest BCUT2D eigenvalue weighted by molar-refractivity contribution is -0.133. The predicted octanol–water partition coefficient (Wildman–Crippen LogP) is 0.661. The van der Waals surface area contributed by atoms with Crippen molar-refractivity contribution in [2.45, 2.75) is 19.9 Å². The maximum absolute atomic E-state index is 11.7. The molecule has 76 valence electrons. The maximum Gasteiger partial charge on any atom is 0.226 e. The second-order valence-electron chi connectivity index (χ2n) is 4.38. The van der Waals surface area contributed by atoms with E-state index in [1.165, 1.54) is 0 Å². The molecule has 0 saturated carbocycles. The van der Waals surface area contributed by atoms with Gasteiger partial charge in [0.1, 0.15) is 0 Å². The maximum atomic E-state index is 11.7. The Hall–Kier alpha value is -0.570. The Bertz CT molecular complexity index is 203. The van der Waals surface area contributed by atoms with Gasteiger partial charge in [-0.1, -0.05) is 6.92 Å². The minimum absolute atomic E-state index is 0.190. The van der Waals surface area contributed by atoms with Gasteiger partial charge in [-0.05, 0) is 19.9 Å². The van der Waals surface area contributed by atoms with E-state index in [9.17, 15) is 4.79 Å². The molecule has 1 aliphatic rings. The molecule has 1 heterocycles. The van der Waals surface area contributed by atoms with Crippen LogP contribution in [0.25, 0.3) is 0 Å². The quantitative estimate of drug-likeness (QED) is 0.598. The third-order valence-electron chi connectivity index (χ3n) is 3.33. The lowest BCUT2D eigenvalue weighted by Gasteiger charge is -2.20. The summed E-state index contributed by atoms with van der Waals surface area (Å²) in [5.41, 5.74) is 0. The van der Waals surface area contributed by atoms with Crippen molar-refractivity contribution in [1.29, 1.82) is 0 Å². The van der Waals surface area contributed by atoms with Gasteiger partial charge in [0.05, 0.1) is 5.92 Å². The molecule has 0 N–H and O–H groups in total. The highest BCUT2D eigenvalue weighted by atomic mass is 16.2. The first kappa shape index (κ1) is 10.5. The lowest BCUT2D eigenvalue weighted by atomic mass is 9.92. The normalized spacial score (nSPS) is 35.0. The molecule has 0 bridgehead atoms. The van der Waals surface area contributed by atoms with Crippen LogP contribution in [0.4, 0.5) is 0 Å². The smallest absolute Gasteiger partial charge is 0.226 e. The number of likely N-dealkylation sites (tertiary alicyclic amines) is 1. The van der Waals surface area contributed by atoms with E-state index in [-0.39, 0.29) is 11.8 Å². The molecule has 1 fully saturated rings. The minimum Gasteiger partial charge on any atom is -0.349 e. The third kappa shape index (κ3) is 1.85. The molecule has 1 rings (SSSR count). The van der Waals surface area contributed by atoms with Gasteiger partial charge >= 0.3 is 0 Å². The Morgan fingerprint density at radius 2 is 1.92 bits per heavy atom. The first-order valence-corrected chi connectivity index (χ1v) is 4.86. The summed E-state index contributed by atoms with van der Waals surface area (Å²) >= 11 is 0. The van der Waals surface area contributed by atoms with Gasteiger partial charge in [-0.3, -0.25) is 4.79 Å². The van der Waals surface area contributed by atoms with Crippen LogP contribution in [0, 0.1) is 11.8 Å². The fourth-order valence-electron chi connectivity index (χ4n) is 2.02. The van der Waals surface area contributed by atoms with Crippen molar-refractivity contribution in [3.8, 4) is 0 Å². The zero-order chi connectivity index (χ0) is 10.2. The third-order valence-corrected chi connectivity index (χ3v) is 3.33. The van der Waals surface area contributed by atoms with Crippen LogP contribution in [0.1, 0.15) is 13.8 Å². The van der Waals surface area contributed by atoms with E-state index in [1.807, 2.05) is 14.1 Å². The zero-order valence-corrected chi connectivity index (χ0v) is 9.24. The zero-order valence-electron chi connectivity index (χ0n) is 9.24. The minimum atomic E-state index is 0.190. The molecule has 0 aliphatic carbocycles. The van der Waals surface area contributed by atoms with Crippen molar-refractivity contribution in [3.05, 3.63) is 0 Å². The largest absolute Gasteiger partial charge is 0.349 e. The van der Waals surface area contributed by atoms with E-state index >= 15 is 0 Å². The Morgan fingerprint density at radius 1 is 1.38 bits per heavy atom. The Morgan fingerprint density at radius 3 is 2.23 bits per heavy atom. The van der Waals surface area contributed by atoms with Crippen molar-refractivity contribution in [2.75, 3.05) is 27.7 Å². The molecule has 3 unspecified atom stereocenters. The molecule has 3 atom stereocenters.